The van der Waals surface area contributed by atoms with Crippen LogP contribution in [0.1, 0.15) is 14.8 Å². The van der Waals surface area contributed by atoms with Crippen molar-refractivity contribution in [3.8, 4) is 0 Å². The first-order valence-electron chi connectivity index (χ1n) is 9.92. The molecule has 32 heavy (non-hydrogen) atoms. The number of rotatable bonds is 5. The molecule has 1 atom stereocenters. The van der Waals surface area contributed by atoms with Crippen molar-refractivity contribution in [2.45, 2.75) is 23.8 Å². The van der Waals surface area contributed by atoms with E-state index in [1.165, 1.54) is 29.7 Å². The molecule has 2 aliphatic rings. The molecule has 0 aliphatic carbocycles. The molecule has 7 nitrogen and oxygen atoms in total. The molecule has 2 aliphatic heterocycles. The highest BCUT2D eigenvalue weighted by atomic mass is 35.5. The smallest absolute Gasteiger partial charge is 0.263 e. The van der Waals surface area contributed by atoms with Crippen LogP contribution in [0.5, 0.6) is 0 Å². The number of carbonyl (C=O) groups excluding carboxylic acids is 1. The average Bonchev–Trinajstić information content (AvgIpc) is 3.49. The third kappa shape index (κ3) is 3.83. The van der Waals surface area contributed by atoms with Crippen molar-refractivity contribution in [1.82, 2.24) is 4.98 Å². The van der Waals surface area contributed by atoms with Gasteiger partial charge in [0.1, 0.15) is 6.04 Å². The summed E-state index contributed by atoms with van der Waals surface area (Å²) in [4.78, 5) is 21.1. The van der Waals surface area contributed by atoms with Gasteiger partial charge in [-0.25, -0.2) is 13.4 Å². The summed E-state index contributed by atoms with van der Waals surface area (Å²) >= 11 is 13.6. The van der Waals surface area contributed by atoms with Gasteiger partial charge in [-0.15, -0.1) is 11.3 Å². The third-order valence-electron chi connectivity index (χ3n) is 5.72. The molecule has 0 spiro atoms. The highest BCUT2D eigenvalue weighted by Crippen LogP contribution is 2.38. The lowest BCUT2D eigenvalue weighted by molar-refractivity contribution is -0.118. The van der Waals surface area contributed by atoms with E-state index in [9.17, 15) is 13.2 Å². The maximum Gasteiger partial charge on any atom is 0.263 e. The molecule has 0 radical (unpaired) electrons. The van der Waals surface area contributed by atoms with E-state index < -0.39 is 10.0 Å². The Morgan fingerprint density at radius 1 is 1.12 bits per heavy atom. The number of amides is 1. The number of fused-ring (bicyclic) bond motifs is 1. The molecule has 2 aromatic carbocycles. The second-order valence-corrected chi connectivity index (χ2v) is 11.0. The first-order valence-corrected chi connectivity index (χ1v) is 13.0. The molecule has 1 saturated heterocycles. The van der Waals surface area contributed by atoms with Crippen LogP contribution in [0.25, 0.3) is 0 Å². The minimum atomic E-state index is -3.74. The second kappa shape index (κ2) is 8.22. The molecule has 1 amide bonds. The zero-order valence-electron chi connectivity index (χ0n) is 16.7. The van der Waals surface area contributed by atoms with Crippen LogP contribution in [0.4, 0.5) is 16.5 Å². The minimum Gasteiger partial charge on any atom is -0.359 e. The lowest BCUT2D eigenvalue weighted by Gasteiger charge is -2.26. The zero-order valence-corrected chi connectivity index (χ0v) is 19.8. The molecule has 11 heteroatoms. The fourth-order valence-corrected chi connectivity index (χ4v) is 6.33. The van der Waals surface area contributed by atoms with Crippen LogP contribution in [-0.2, 0) is 21.2 Å². The highest BCUT2D eigenvalue weighted by molar-refractivity contribution is 7.93. The van der Waals surface area contributed by atoms with Crippen LogP contribution in [0, 0.1) is 0 Å². The molecule has 3 aromatic rings. The second-order valence-electron chi connectivity index (χ2n) is 7.57. The Bertz CT molecular complexity index is 1290. The van der Waals surface area contributed by atoms with Crippen LogP contribution >= 0.6 is 34.5 Å². The Hall–Kier alpha value is -2.33. The van der Waals surface area contributed by atoms with Crippen LogP contribution in [0.15, 0.2) is 52.9 Å². The Morgan fingerprint density at radius 3 is 2.59 bits per heavy atom. The predicted molar refractivity (Wildman–Crippen MR) is 132 cm³/mol. The SMILES string of the molecule is O=C1[C@@H](N2CCc3cc(Cl)c(Cl)cc32)CCN1c1ccc(S(=O)(=O)Nc2nccs2)cc1.[HH].[HH]. The molecular formula is C21H22Cl2N4O3S2. The number of benzene rings is 2. The Kier molecular flexibility index (Phi) is 5.53. The summed E-state index contributed by atoms with van der Waals surface area (Å²) in [5.74, 6) is -0.0135. The molecule has 170 valence electrons. The molecule has 1 aromatic heterocycles. The van der Waals surface area contributed by atoms with E-state index in [4.69, 9.17) is 23.2 Å². The molecular weight excluding hydrogens is 491 g/mol. The summed E-state index contributed by atoms with van der Waals surface area (Å²) in [5, 5.41) is 2.99. The normalized spacial score (nSPS) is 18.3. The maximum absolute atomic E-state index is 13.2. The fourth-order valence-electron chi connectivity index (χ4n) is 4.19. The van der Waals surface area contributed by atoms with Crippen molar-refractivity contribution in [3.63, 3.8) is 0 Å². The maximum atomic E-state index is 13.2. The van der Waals surface area contributed by atoms with E-state index >= 15 is 0 Å². The lowest BCUT2D eigenvalue weighted by atomic mass is 10.1. The molecule has 5 rings (SSSR count). The van der Waals surface area contributed by atoms with Gasteiger partial charge in [-0.2, -0.15) is 0 Å². The molecule has 1 fully saturated rings. The van der Waals surface area contributed by atoms with Crippen LogP contribution in [-0.4, -0.2) is 38.4 Å². The van der Waals surface area contributed by atoms with Crippen LogP contribution < -0.4 is 14.5 Å². The van der Waals surface area contributed by atoms with Gasteiger partial charge in [-0.3, -0.25) is 9.52 Å². The van der Waals surface area contributed by atoms with Gasteiger partial charge in [0.25, 0.3) is 10.0 Å². The number of thiazole rings is 1. The molecule has 0 bridgehead atoms. The van der Waals surface area contributed by atoms with Gasteiger partial charge in [0, 0.05) is 38.9 Å². The number of carbonyl (C=O) groups is 1. The molecule has 0 unspecified atom stereocenters. The largest absolute Gasteiger partial charge is 0.359 e. The monoisotopic (exact) mass is 512 g/mol. The molecule has 0 saturated carbocycles. The minimum absolute atomic E-state index is 0. The van der Waals surface area contributed by atoms with Gasteiger partial charge in [-0.05, 0) is 54.8 Å². The quantitative estimate of drug-likeness (QED) is 0.524. The van der Waals surface area contributed by atoms with Crippen molar-refractivity contribution in [2.75, 3.05) is 27.6 Å². The van der Waals surface area contributed by atoms with E-state index in [1.807, 2.05) is 12.1 Å². The van der Waals surface area contributed by atoms with E-state index in [0.29, 0.717) is 33.8 Å². The first-order chi connectivity index (χ1) is 15.3. The van der Waals surface area contributed by atoms with Crippen molar-refractivity contribution < 1.29 is 16.1 Å². The summed E-state index contributed by atoms with van der Waals surface area (Å²) in [6, 6.07) is 9.73. The summed E-state index contributed by atoms with van der Waals surface area (Å²) in [6.07, 6.45) is 3.02. The number of nitrogens with zero attached hydrogens (tertiary/aromatic N) is 3. The van der Waals surface area contributed by atoms with Crippen LogP contribution in [0.2, 0.25) is 10.0 Å². The number of hydrogen-bond acceptors (Lipinski definition) is 6. The van der Waals surface area contributed by atoms with E-state index in [-0.39, 0.29) is 19.7 Å². The highest BCUT2D eigenvalue weighted by Gasteiger charge is 2.39. The summed E-state index contributed by atoms with van der Waals surface area (Å²) in [5.41, 5.74) is 2.71. The average molecular weight is 513 g/mol. The van der Waals surface area contributed by atoms with Crippen molar-refractivity contribution in [2.24, 2.45) is 0 Å². The van der Waals surface area contributed by atoms with E-state index in [2.05, 4.69) is 14.6 Å². The summed E-state index contributed by atoms with van der Waals surface area (Å²) in [6.45, 7) is 1.29. The van der Waals surface area contributed by atoms with Crippen molar-refractivity contribution in [1.29, 1.82) is 0 Å². The van der Waals surface area contributed by atoms with Crippen molar-refractivity contribution in [3.05, 3.63) is 63.6 Å². The summed E-state index contributed by atoms with van der Waals surface area (Å²) < 4.78 is 27.5. The third-order valence-corrected chi connectivity index (χ3v) is 8.61. The van der Waals surface area contributed by atoms with Gasteiger partial charge >= 0.3 is 0 Å². The number of anilines is 3. The van der Waals surface area contributed by atoms with E-state index in [0.717, 1.165) is 24.2 Å². The number of aromatic nitrogens is 1. The zero-order chi connectivity index (χ0) is 22.5. The molecule has 3 heterocycles. The Morgan fingerprint density at radius 2 is 1.88 bits per heavy atom. The first kappa shape index (κ1) is 21.5. The fraction of sp³-hybridized carbons (Fsp3) is 0.238. The number of hydrogen-bond donors (Lipinski definition) is 1. The topological polar surface area (TPSA) is 82.6 Å². The van der Waals surface area contributed by atoms with Crippen molar-refractivity contribution >= 4 is 67.0 Å². The van der Waals surface area contributed by atoms with Gasteiger partial charge in [0.15, 0.2) is 5.13 Å². The Labute approximate surface area is 202 Å². The lowest BCUT2D eigenvalue weighted by Crippen LogP contribution is -2.41. The number of halogens is 2. The van der Waals surface area contributed by atoms with Gasteiger partial charge in [0.05, 0.1) is 14.9 Å². The van der Waals surface area contributed by atoms with Gasteiger partial charge in [-0.1, -0.05) is 23.2 Å². The van der Waals surface area contributed by atoms with Crippen LogP contribution in [0.3, 0.4) is 0 Å². The summed E-state index contributed by atoms with van der Waals surface area (Å²) in [7, 11) is -3.74. The number of sulfonamides is 1. The standard InChI is InChI=1S/C21H18Cl2N4O3S2.2H2/c22-16-11-13-5-8-27(19(13)12-17(16)23)18-6-9-26(20(18)28)14-1-3-15(4-2-14)32(29,30)25-21-24-7-10-31-21;;/h1-4,7,10-12,18H,5-6,8-9H2,(H,24,25);2*1H/t18-;;/m0../s1. The van der Waals surface area contributed by atoms with E-state index in [1.54, 1.807) is 22.4 Å². The Balaban J connectivity index is 0.00000162. The molecule has 1 N–H and O–H groups in total. The number of nitrogens with one attached hydrogen (secondary N) is 1. The van der Waals surface area contributed by atoms with Gasteiger partial charge in [0.2, 0.25) is 5.91 Å². The van der Waals surface area contributed by atoms with Gasteiger partial charge < -0.3 is 9.80 Å². The predicted octanol–water partition coefficient (Wildman–Crippen LogP) is 4.91.